The number of phenolic OH excluding ortho intramolecular Hbond substituents is 1. The number of fused-ring (bicyclic) bond motifs is 5. The van der Waals surface area contributed by atoms with Crippen molar-refractivity contribution in [3.05, 3.63) is 88.8 Å². The largest absolute Gasteiger partial charge is 0.508 e. The Morgan fingerprint density at radius 2 is 1.56 bits per heavy atom. The summed E-state index contributed by atoms with van der Waals surface area (Å²) < 4.78 is 0. The maximum atomic E-state index is 13.4. The standard InChI is InChI=1S/C26H18N4O2/c1-14-21-22-19-12-9-17(15-5-3-2-4-6-15)13-20(19)27-26(32)23(22)24(28-25(21)30-29-14)16-7-10-18(31)11-8-16/h2-13,31H,1H3,(H,27,32)(H,28,29,30). The van der Waals surface area contributed by atoms with Crippen LogP contribution in [0.5, 0.6) is 5.75 Å². The fourth-order valence-corrected chi connectivity index (χ4v) is 4.38. The van der Waals surface area contributed by atoms with E-state index in [-0.39, 0.29) is 11.3 Å². The van der Waals surface area contributed by atoms with Gasteiger partial charge in [-0.1, -0.05) is 42.5 Å². The molecular weight excluding hydrogens is 400 g/mol. The van der Waals surface area contributed by atoms with Crippen LogP contribution < -0.4 is 5.56 Å². The minimum Gasteiger partial charge on any atom is -0.508 e. The van der Waals surface area contributed by atoms with Crippen molar-refractivity contribution in [2.24, 2.45) is 0 Å². The number of nitrogens with one attached hydrogen (secondary N) is 2. The Hall–Kier alpha value is -4.45. The van der Waals surface area contributed by atoms with E-state index in [0.29, 0.717) is 16.7 Å². The van der Waals surface area contributed by atoms with Gasteiger partial charge in [-0.3, -0.25) is 9.89 Å². The lowest BCUT2D eigenvalue weighted by Crippen LogP contribution is -2.09. The number of aryl methyl sites for hydroxylation is 1. The van der Waals surface area contributed by atoms with Gasteiger partial charge in [-0.2, -0.15) is 5.10 Å². The van der Waals surface area contributed by atoms with Gasteiger partial charge in [-0.25, -0.2) is 4.98 Å². The smallest absolute Gasteiger partial charge is 0.258 e. The van der Waals surface area contributed by atoms with Crippen LogP contribution in [0.25, 0.3) is 55.1 Å². The first-order chi connectivity index (χ1) is 15.6. The number of hydrogen-bond donors (Lipinski definition) is 3. The number of aromatic hydroxyl groups is 1. The molecule has 6 heteroatoms. The van der Waals surface area contributed by atoms with Crippen LogP contribution in [-0.4, -0.2) is 25.3 Å². The van der Waals surface area contributed by atoms with E-state index in [1.807, 2.05) is 49.4 Å². The Kier molecular flexibility index (Phi) is 3.89. The highest BCUT2D eigenvalue weighted by Gasteiger charge is 2.19. The summed E-state index contributed by atoms with van der Waals surface area (Å²) in [5.41, 5.74) is 5.34. The van der Waals surface area contributed by atoms with Gasteiger partial charge in [0.2, 0.25) is 0 Å². The molecule has 32 heavy (non-hydrogen) atoms. The van der Waals surface area contributed by atoms with Gasteiger partial charge in [-0.15, -0.1) is 0 Å². The third kappa shape index (κ3) is 2.70. The van der Waals surface area contributed by atoms with Crippen LogP contribution in [0.2, 0.25) is 0 Å². The van der Waals surface area contributed by atoms with Crippen molar-refractivity contribution in [2.45, 2.75) is 6.92 Å². The molecule has 0 bridgehead atoms. The van der Waals surface area contributed by atoms with E-state index >= 15 is 0 Å². The summed E-state index contributed by atoms with van der Waals surface area (Å²) in [5, 5.41) is 20.2. The van der Waals surface area contributed by atoms with E-state index in [1.165, 1.54) is 0 Å². The first-order valence-electron chi connectivity index (χ1n) is 10.3. The van der Waals surface area contributed by atoms with Crippen LogP contribution in [0, 0.1) is 6.92 Å². The molecular formula is C26H18N4O2. The predicted octanol–water partition coefficient (Wildman–Crippen LogP) is 5.30. The topological polar surface area (TPSA) is 94.7 Å². The van der Waals surface area contributed by atoms with Gasteiger partial charge >= 0.3 is 0 Å². The Morgan fingerprint density at radius 3 is 2.34 bits per heavy atom. The van der Waals surface area contributed by atoms with Gasteiger partial charge in [0.1, 0.15) is 5.75 Å². The maximum absolute atomic E-state index is 13.4. The summed E-state index contributed by atoms with van der Waals surface area (Å²) >= 11 is 0. The van der Waals surface area contributed by atoms with Gasteiger partial charge in [0.05, 0.1) is 16.5 Å². The molecule has 3 N–H and O–H groups in total. The number of H-pyrrole nitrogens is 2. The number of aromatic nitrogens is 4. The predicted molar refractivity (Wildman–Crippen MR) is 127 cm³/mol. The van der Waals surface area contributed by atoms with Crippen molar-refractivity contribution >= 4 is 32.7 Å². The van der Waals surface area contributed by atoms with Crippen LogP contribution in [0.4, 0.5) is 0 Å². The Morgan fingerprint density at radius 1 is 0.812 bits per heavy atom. The number of aromatic amines is 2. The molecule has 0 unspecified atom stereocenters. The Labute approximate surface area is 182 Å². The minimum absolute atomic E-state index is 0.155. The molecule has 0 saturated heterocycles. The fourth-order valence-electron chi connectivity index (χ4n) is 4.38. The average molecular weight is 418 g/mol. The molecule has 6 rings (SSSR count). The third-order valence-corrected chi connectivity index (χ3v) is 5.89. The lowest BCUT2D eigenvalue weighted by atomic mass is 9.97. The number of benzene rings is 3. The molecule has 0 aliphatic heterocycles. The Balaban J connectivity index is 1.76. The van der Waals surface area contributed by atoms with Crippen molar-refractivity contribution < 1.29 is 5.11 Å². The molecule has 0 spiro atoms. The monoisotopic (exact) mass is 418 g/mol. The second-order valence-corrected chi connectivity index (χ2v) is 7.89. The molecule has 0 aliphatic carbocycles. The van der Waals surface area contributed by atoms with Gasteiger partial charge in [-0.05, 0) is 48.4 Å². The molecule has 0 aliphatic rings. The molecule has 0 atom stereocenters. The third-order valence-electron chi connectivity index (χ3n) is 5.89. The molecule has 6 aromatic rings. The van der Waals surface area contributed by atoms with Crippen molar-refractivity contribution in [1.29, 1.82) is 0 Å². The minimum atomic E-state index is -0.212. The van der Waals surface area contributed by atoms with E-state index in [9.17, 15) is 9.90 Å². The van der Waals surface area contributed by atoms with Crippen LogP contribution in [-0.2, 0) is 0 Å². The van der Waals surface area contributed by atoms with Crippen molar-refractivity contribution in [2.75, 3.05) is 0 Å². The zero-order valence-electron chi connectivity index (χ0n) is 17.2. The van der Waals surface area contributed by atoms with Gasteiger partial charge in [0, 0.05) is 27.5 Å². The zero-order valence-corrected chi connectivity index (χ0v) is 17.2. The highest BCUT2D eigenvalue weighted by atomic mass is 16.3. The van der Waals surface area contributed by atoms with Crippen molar-refractivity contribution in [3.8, 4) is 28.1 Å². The number of phenols is 1. The van der Waals surface area contributed by atoms with Crippen LogP contribution in [0.3, 0.4) is 0 Å². The van der Waals surface area contributed by atoms with Crippen LogP contribution in [0.1, 0.15) is 5.69 Å². The lowest BCUT2D eigenvalue weighted by Gasteiger charge is -2.11. The summed E-state index contributed by atoms with van der Waals surface area (Å²) in [4.78, 5) is 21.2. The van der Waals surface area contributed by atoms with Crippen LogP contribution in [0.15, 0.2) is 77.6 Å². The van der Waals surface area contributed by atoms with Gasteiger partial charge in [0.15, 0.2) is 5.65 Å². The highest BCUT2D eigenvalue weighted by molar-refractivity contribution is 6.21. The molecule has 0 amide bonds. The summed E-state index contributed by atoms with van der Waals surface area (Å²) in [5.74, 6) is 0.155. The normalized spacial score (nSPS) is 11.5. The molecule has 3 aromatic heterocycles. The van der Waals surface area contributed by atoms with Crippen LogP contribution >= 0.6 is 0 Å². The van der Waals surface area contributed by atoms with Gasteiger partial charge < -0.3 is 10.1 Å². The second-order valence-electron chi connectivity index (χ2n) is 7.89. The summed E-state index contributed by atoms with van der Waals surface area (Å²) in [6.07, 6.45) is 0. The summed E-state index contributed by atoms with van der Waals surface area (Å²) in [6.45, 7) is 1.93. The number of hydrogen-bond acceptors (Lipinski definition) is 4. The molecule has 0 radical (unpaired) electrons. The molecule has 3 heterocycles. The fraction of sp³-hybridized carbons (Fsp3) is 0.0385. The number of rotatable bonds is 2. The highest BCUT2D eigenvalue weighted by Crippen LogP contribution is 2.36. The molecule has 6 nitrogen and oxygen atoms in total. The first kappa shape index (κ1) is 18.3. The van der Waals surface area contributed by atoms with E-state index in [0.717, 1.165) is 44.1 Å². The SMILES string of the molecule is Cc1[nH]nc2nc(-c3ccc(O)cc3)c3c(=O)[nH]c4cc(-c5ccccc5)ccc4c3c12. The lowest BCUT2D eigenvalue weighted by molar-refractivity contribution is 0.475. The van der Waals surface area contributed by atoms with Crippen molar-refractivity contribution in [1.82, 2.24) is 20.2 Å². The molecule has 0 saturated carbocycles. The molecule has 0 fully saturated rings. The molecule has 3 aromatic carbocycles. The molecule has 154 valence electrons. The second kappa shape index (κ2) is 6.78. The summed E-state index contributed by atoms with van der Waals surface area (Å²) in [6, 6.07) is 22.9. The quantitative estimate of drug-likeness (QED) is 0.333. The van der Waals surface area contributed by atoms with E-state index in [2.05, 4.69) is 21.2 Å². The average Bonchev–Trinajstić information content (AvgIpc) is 3.19. The van der Waals surface area contributed by atoms with Gasteiger partial charge in [0.25, 0.3) is 5.56 Å². The first-order valence-corrected chi connectivity index (χ1v) is 10.3. The van der Waals surface area contributed by atoms with E-state index in [4.69, 9.17) is 4.98 Å². The maximum Gasteiger partial charge on any atom is 0.258 e. The number of nitrogens with zero attached hydrogens (tertiary/aromatic N) is 2. The zero-order chi connectivity index (χ0) is 21.8. The Bertz CT molecular complexity index is 1700. The number of pyridine rings is 2. The van der Waals surface area contributed by atoms with E-state index < -0.39 is 0 Å². The van der Waals surface area contributed by atoms with Crippen molar-refractivity contribution in [3.63, 3.8) is 0 Å². The summed E-state index contributed by atoms with van der Waals surface area (Å²) in [7, 11) is 0. The van der Waals surface area contributed by atoms with E-state index in [1.54, 1.807) is 24.3 Å².